The molecule has 0 aliphatic rings. The van der Waals surface area contributed by atoms with Crippen LogP contribution in [0.5, 0.6) is 0 Å². The fraction of sp³-hybridized carbons (Fsp3) is 0.250. The third kappa shape index (κ3) is 5.63. The molecular weight excluding hydrogens is 392 g/mol. The largest absolute Gasteiger partial charge is 0.335 e. The van der Waals surface area contributed by atoms with E-state index in [1.807, 2.05) is 32.0 Å². The van der Waals surface area contributed by atoms with E-state index in [2.05, 4.69) is 10.0 Å². The zero-order valence-electron chi connectivity index (χ0n) is 16.4. The molecular formula is C20H22N4O4S. The highest BCUT2D eigenvalue weighted by atomic mass is 32.2. The molecule has 0 aliphatic heterocycles. The Balaban J connectivity index is 1.97. The number of hydrogen-bond acceptors (Lipinski definition) is 5. The molecule has 0 unspecified atom stereocenters. The highest BCUT2D eigenvalue weighted by Gasteiger charge is 2.21. The van der Waals surface area contributed by atoms with Gasteiger partial charge >= 0.3 is 0 Å². The van der Waals surface area contributed by atoms with Crippen LogP contribution in [0.15, 0.2) is 47.4 Å². The van der Waals surface area contributed by atoms with Crippen molar-refractivity contribution in [1.29, 1.82) is 5.26 Å². The van der Waals surface area contributed by atoms with E-state index < -0.39 is 28.4 Å². The summed E-state index contributed by atoms with van der Waals surface area (Å²) in [6, 6.07) is 13.1. The average molecular weight is 414 g/mol. The Labute approximate surface area is 170 Å². The lowest BCUT2D eigenvalue weighted by Crippen LogP contribution is -2.41. The summed E-state index contributed by atoms with van der Waals surface area (Å²) in [6.07, 6.45) is 0. The van der Waals surface area contributed by atoms with Crippen LogP contribution < -0.4 is 10.0 Å². The summed E-state index contributed by atoms with van der Waals surface area (Å²) in [5.74, 6) is -0.976. The van der Waals surface area contributed by atoms with Crippen LogP contribution in [0.3, 0.4) is 0 Å². The van der Waals surface area contributed by atoms with Gasteiger partial charge in [-0.25, -0.2) is 13.1 Å². The minimum Gasteiger partial charge on any atom is -0.335 e. The first-order valence-electron chi connectivity index (χ1n) is 8.74. The quantitative estimate of drug-likeness (QED) is 0.712. The zero-order valence-corrected chi connectivity index (χ0v) is 17.2. The number of likely N-dealkylation sites (N-methyl/N-ethyl adjacent to an activating group) is 1. The van der Waals surface area contributed by atoms with Crippen LogP contribution >= 0.6 is 0 Å². The van der Waals surface area contributed by atoms with Crippen molar-refractivity contribution in [3.05, 3.63) is 59.2 Å². The standard InChI is InChI=1S/C20H22N4O4S/c1-14-7-6-8-15(2)20(14)23-18(25)13-24(3)19(26)12-22-29(27,28)17-10-5-4-9-16(17)11-21/h4-10,22H,12-13H2,1-3H3,(H,23,25). The number of benzene rings is 2. The Morgan fingerprint density at radius 2 is 1.69 bits per heavy atom. The average Bonchev–Trinajstić information content (AvgIpc) is 2.69. The van der Waals surface area contributed by atoms with E-state index in [9.17, 15) is 18.0 Å². The summed E-state index contributed by atoms with van der Waals surface area (Å²) < 4.78 is 26.9. The fourth-order valence-electron chi connectivity index (χ4n) is 2.66. The Kier molecular flexibility index (Phi) is 7.09. The Morgan fingerprint density at radius 1 is 1.07 bits per heavy atom. The molecule has 0 saturated carbocycles. The van der Waals surface area contributed by atoms with Crippen molar-refractivity contribution in [2.75, 3.05) is 25.5 Å². The van der Waals surface area contributed by atoms with Crippen LogP contribution in [-0.2, 0) is 19.6 Å². The van der Waals surface area contributed by atoms with Crippen LogP contribution in [0.4, 0.5) is 5.69 Å². The number of aryl methyl sites for hydroxylation is 2. The van der Waals surface area contributed by atoms with Crippen molar-refractivity contribution in [2.45, 2.75) is 18.7 Å². The number of rotatable bonds is 7. The lowest BCUT2D eigenvalue weighted by molar-refractivity contribution is -0.132. The maximum Gasteiger partial charge on any atom is 0.243 e. The van der Waals surface area contributed by atoms with Gasteiger partial charge in [0.05, 0.1) is 23.5 Å². The maximum atomic E-state index is 12.4. The number of anilines is 1. The van der Waals surface area contributed by atoms with Crippen molar-refractivity contribution in [2.24, 2.45) is 0 Å². The number of amides is 2. The summed E-state index contributed by atoms with van der Waals surface area (Å²) in [5, 5.41) is 11.8. The highest BCUT2D eigenvalue weighted by molar-refractivity contribution is 7.89. The molecule has 0 aliphatic carbocycles. The van der Waals surface area contributed by atoms with Gasteiger partial charge in [-0.2, -0.15) is 5.26 Å². The second-order valence-corrected chi connectivity index (χ2v) is 8.23. The van der Waals surface area contributed by atoms with Gasteiger partial charge in [0.1, 0.15) is 6.07 Å². The van der Waals surface area contributed by atoms with Crippen molar-refractivity contribution in [1.82, 2.24) is 9.62 Å². The fourth-order valence-corrected chi connectivity index (χ4v) is 3.79. The Hall–Kier alpha value is -3.22. The number of hydrogen-bond donors (Lipinski definition) is 2. The summed E-state index contributed by atoms with van der Waals surface area (Å²) >= 11 is 0. The second kappa shape index (κ2) is 9.32. The normalized spacial score (nSPS) is 10.8. The molecule has 0 saturated heterocycles. The molecule has 8 nitrogen and oxygen atoms in total. The van der Waals surface area contributed by atoms with Crippen molar-refractivity contribution in [3.63, 3.8) is 0 Å². The number of nitrogens with one attached hydrogen (secondary N) is 2. The first-order valence-corrected chi connectivity index (χ1v) is 10.2. The van der Waals surface area contributed by atoms with E-state index in [1.165, 1.54) is 25.2 Å². The maximum absolute atomic E-state index is 12.4. The smallest absolute Gasteiger partial charge is 0.243 e. The second-order valence-electron chi connectivity index (χ2n) is 6.50. The summed E-state index contributed by atoms with van der Waals surface area (Å²) in [5.41, 5.74) is 2.47. The van der Waals surface area contributed by atoms with Gasteiger partial charge in [0.2, 0.25) is 21.8 Å². The minimum absolute atomic E-state index is 0.0196. The predicted octanol–water partition coefficient (Wildman–Crippen LogP) is 1.55. The number of carbonyl (C=O) groups excluding carboxylic acids is 2. The van der Waals surface area contributed by atoms with Gasteiger partial charge < -0.3 is 10.2 Å². The van der Waals surface area contributed by atoms with E-state index in [4.69, 9.17) is 5.26 Å². The van der Waals surface area contributed by atoms with Gasteiger partial charge in [-0.05, 0) is 37.1 Å². The topological polar surface area (TPSA) is 119 Å². The first-order chi connectivity index (χ1) is 13.7. The molecule has 0 aromatic heterocycles. The van der Waals surface area contributed by atoms with E-state index in [0.29, 0.717) is 5.69 Å². The van der Waals surface area contributed by atoms with E-state index >= 15 is 0 Å². The van der Waals surface area contributed by atoms with Crippen molar-refractivity contribution < 1.29 is 18.0 Å². The Morgan fingerprint density at radius 3 is 2.31 bits per heavy atom. The van der Waals surface area contributed by atoms with Crippen LogP contribution in [0.2, 0.25) is 0 Å². The number of nitriles is 1. The van der Waals surface area contributed by atoms with Crippen LogP contribution in [-0.4, -0.2) is 45.3 Å². The molecule has 152 valence electrons. The number of carbonyl (C=O) groups is 2. The number of sulfonamides is 1. The molecule has 0 radical (unpaired) electrons. The summed E-state index contributed by atoms with van der Waals surface area (Å²) in [6.45, 7) is 2.97. The molecule has 0 atom stereocenters. The summed E-state index contributed by atoms with van der Waals surface area (Å²) in [7, 11) is -2.63. The SMILES string of the molecule is Cc1cccc(C)c1NC(=O)CN(C)C(=O)CNS(=O)(=O)c1ccccc1C#N. The molecule has 2 aromatic carbocycles. The number of para-hydroxylation sites is 1. The molecule has 29 heavy (non-hydrogen) atoms. The Bertz CT molecular complexity index is 1050. The first kappa shape index (κ1) is 22.1. The molecule has 2 rings (SSSR count). The molecule has 2 N–H and O–H groups in total. The monoisotopic (exact) mass is 414 g/mol. The predicted molar refractivity (Wildman–Crippen MR) is 109 cm³/mol. The molecule has 0 heterocycles. The summed E-state index contributed by atoms with van der Waals surface area (Å²) in [4.78, 5) is 25.4. The van der Waals surface area contributed by atoms with Gasteiger partial charge in [0.25, 0.3) is 0 Å². The third-order valence-electron chi connectivity index (χ3n) is 4.26. The molecule has 2 aromatic rings. The van der Waals surface area contributed by atoms with Gasteiger partial charge in [0.15, 0.2) is 0 Å². The van der Waals surface area contributed by atoms with E-state index in [-0.39, 0.29) is 17.0 Å². The van der Waals surface area contributed by atoms with Crippen molar-refractivity contribution >= 4 is 27.5 Å². The van der Waals surface area contributed by atoms with E-state index in [1.54, 1.807) is 12.1 Å². The third-order valence-corrected chi connectivity index (χ3v) is 5.72. The molecule has 0 spiro atoms. The highest BCUT2D eigenvalue weighted by Crippen LogP contribution is 2.19. The molecule has 0 bridgehead atoms. The zero-order chi connectivity index (χ0) is 21.6. The minimum atomic E-state index is -4.04. The van der Waals surface area contributed by atoms with Gasteiger partial charge in [-0.3, -0.25) is 9.59 Å². The molecule has 0 fully saturated rings. The van der Waals surface area contributed by atoms with Gasteiger partial charge in [-0.15, -0.1) is 0 Å². The van der Waals surface area contributed by atoms with Gasteiger partial charge in [-0.1, -0.05) is 30.3 Å². The number of nitrogens with zero attached hydrogens (tertiary/aromatic N) is 2. The lowest BCUT2D eigenvalue weighted by Gasteiger charge is -2.18. The van der Waals surface area contributed by atoms with E-state index in [0.717, 1.165) is 16.0 Å². The lowest BCUT2D eigenvalue weighted by atomic mass is 10.1. The van der Waals surface area contributed by atoms with Crippen LogP contribution in [0, 0.1) is 25.2 Å². The van der Waals surface area contributed by atoms with Crippen LogP contribution in [0.1, 0.15) is 16.7 Å². The van der Waals surface area contributed by atoms with Crippen molar-refractivity contribution in [3.8, 4) is 6.07 Å². The molecule has 9 heteroatoms. The molecule has 2 amide bonds. The van der Waals surface area contributed by atoms with Gasteiger partial charge in [0, 0.05) is 12.7 Å². The van der Waals surface area contributed by atoms with Crippen LogP contribution in [0.25, 0.3) is 0 Å².